The first-order valence-corrected chi connectivity index (χ1v) is 8.31. The molecule has 1 unspecified atom stereocenters. The summed E-state index contributed by atoms with van der Waals surface area (Å²) in [7, 11) is 0. The summed E-state index contributed by atoms with van der Waals surface area (Å²) in [5.41, 5.74) is -0.222. The van der Waals surface area contributed by atoms with Crippen molar-refractivity contribution >= 4 is 35.1 Å². The molecule has 1 aromatic rings. The van der Waals surface area contributed by atoms with Crippen molar-refractivity contribution in [3.63, 3.8) is 0 Å². The van der Waals surface area contributed by atoms with Crippen LogP contribution in [0.5, 0.6) is 0 Å². The number of ether oxygens (including phenoxy) is 1. The molecule has 0 aliphatic rings. The van der Waals surface area contributed by atoms with Crippen LogP contribution in [0.1, 0.15) is 6.92 Å². The van der Waals surface area contributed by atoms with Gasteiger partial charge in [-0.15, -0.1) is 11.8 Å². The van der Waals surface area contributed by atoms with Crippen molar-refractivity contribution < 1.29 is 32.4 Å². The van der Waals surface area contributed by atoms with Crippen LogP contribution >= 0.6 is 11.8 Å². The summed E-state index contributed by atoms with van der Waals surface area (Å²) in [6.07, 6.45) is -4.64. The first-order chi connectivity index (χ1) is 12.1. The summed E-state index contributed by atoms with van der Waals surface area (Å²) in [6.45, 7) is 0.803. The molecule has 1 aromatic carbocycles. The van der Waals surface area contributed by atoms with Gasteiger partial charge in [-0.25, -0.2) is 4.79 Å². The smallest absolute Gasteiger partial charge is 0.402 e. The molecule has 8 nitrogen and oxygen atoms in total. The van der Waals surface area contributed by atoms with Gasteiger partial charge >= 0.3 is 18.2 Å². The number of nitrogens with zero attached hydrogens (tertiary/aromatic N) is 1. The van der Waals surface area contributed by atoms with Gasteiger partial charge in [-0.1, -0.05) is 6.07 Å². The van der Waals surface area contributed by atoms with Crippen molar-refractivity contribution in [2.24, 2.45) is 0 Å². The van der Waals surface area contributed by atoms with Gasteiger partial charge in [-0.05, 0) is 13.0 Å². The van der Waals surface area contributed by atoms with E-state index in [2.05, 4.69) is 10.1 Å². The second-order valence-electron chi connectivity index (χ2n) is 4.79. The van der Waals surface area contributed by atoms with Gasteiger partial charge < -0.3 is 15.4 Å². The number of nitro benzene ring substituents is 1. The van der Waals surface area contributed by atoms with E-state index in [1.54, 1.807) is 0 Å². The molecule has 2 amide bonds. The van der Waals surface area contributed by atoms with Crippen molar-refractivity contribution in [1.29, 1.82) is 0 Å². The number of carbonyl (C=O) groups is 2. The van der Waals surface area contributed by atoms with Gasteiger partial charge in [-0.3, -0.25) is 14.9 Å². The van der Waals surface area contributed by atoms with Gasteiger partial charge in [0.15, 0.2) is 0 Å². The van der Waals surface area contributed by atoms with Gasteiger partial charge in [0.05, 0.1) is 17.3 Å². The maximum atomic E-state index is 13.0. The molecule has 144 valence electrons. The van der Waals surface area contributed by atoms with Crippen molar-refractivity contribution in [2.45, 2.75) is 18.3 Å². The zero-order chi connectivity index (χ0) is 19.7. The minimum atomic E-state index is -4.64. The summed E-state index contributed by atoms with van der Waals surface area (Å²) in [6, 6.07) is 3.98. The number of nitrogens with one attached hydrogen (secondary N) is 2. The van der Waals surface area contributed by atoms with Crippen LogP contribution in [0.2, 0.25) is 0 Å². The standard InChI is InChI=1S/C14H16F3N3O5S/c1-2-25-12(21)8-26-11(14(15,16)17)7-18-13(22)19-9-4-3-5-10(6-9)20(23)24/h3-6,11H,2,7-8H2,1H3,(H2,18,19,22). The van der Waals surface area contributed by atoms with Crippen LogP contribution < -0.4 is 10.6 Å². The first kappa shape index (κ1) is 21.5. The average molecular weight is 395 g/mol. The summed E-state index contributed by atoms with van der Waals surface area (Å²) in [5, 5.41) is 12.9. The maximum Gasteiger partial charge on any atom is 0.402 e. The zero-order valence-electron chi connectivity index (χ0n) is 13.5. The Morgan fingerprint density at radius 1 is 1.38 bits per heavy atom. The Kier molecular flexibility index (Phi) is 8.16. The van der Waals surface area contributed by atoms with E-state index >= 15 is 0 Å². The Labute approximate surface area is 150 Å². The molecule has 1 atom stereocenters. The van der Waals surface area contributed by atoms with Crippen LogP contribution in [0.25, 0.3) is 0 Å². The molecule has 0 spiro atoms. The van der Waals surface area contributed by atoms with E-state index in [0.717, 1.165) is 6.07 Å². The largest absolute Gasteiger partial charge is 0.465 e. The predicted molar refractivity (Wildman–Crippen MR) is 89.1 cm³/mol. The van der Waals surface area contributed by atoms with Crippen molar-refractivity contribution in [3.8, 4) is 0 Å². The van der Waals surface area contributed by atoms with Crippen LogP contribution in [0, 0.1) is 10.1 Å². The van der Waals surface area contributed by atoms with Crippen LogP contribution in [0.4, 0.5) is 29.3 Å². The lowest BCUT2D eigenvalue weighted by atomic mass is 10.3. The lowest BCUT2D eigenvalue weighted by Gasteiger charge is -2.20. The van der Waals surface area contributed by atoms with Crippen LogP contribution in [0.15, 0.2) is 24.3 Å². The number of hydrogen-bond donors (Lipinski definition) is 2. The number of non-ortho nitro benzene ring substituents is 1. The topological polar surface area (TPSA) is 111 Å². The molecule has 26 heavy (non-hydrogen) atoms. The van der Waals surface area contributed by atoms with Crippen molar-refractivity contribution in [1.82, 2.24) is 5.32 Å². The molecule has 0 aliphatic carbocycles. The number of carbonyl (C=O) groups excluding carboxylic acids is 2. The molecule has 0 aromatic heterocycles. The number of amides is 2. The van der Waals surface area contributed by atoms with Gasteiger partial charge in [0, 0.05) is 24.4 Å². The van der Waals surface area contributed by atoms with Crippen molar-refractivity contribution in [3.05, 3.63) is 34.4 Å². The van der Waals surface area contributed by atoms with Crippen LogP contribution in [-0.4, -0.2) is 47.3 Å². The minimum Gasteiger partial charge on any atom is -0.465 e. The lowest BCUT2D eigenvalue weighted by molar-refractivity contribution is -0.384. The van der Waals surface area contributed by atoms with Crippen LogP contribution in [0.3, 0.4) is 0 Å². The quantitative estimate of drug-likeness (QED) is 0.398. The number of nitro groups is 1. The summed E-state index contributed by atoms with van der Waals surface area (Å²) in [5.74, 6) is -1.29. The van der Waals surface area contributed by atoms with E-state index in [1.165, 1.54) is 25.1 Å². The van der Waals surface area contributed by atoms with E-state index in [-0.39, 0.29) is 18.0 Å². The van der Waals surface area contributed by atoms with E-state index in [9.17, 15) is 32.9 Å². The second kappa shape index (κ2) is 9.85. The third-order valence-electron chi connectivity index (χ3n) is 2.84. The SMILES string of the molecule is CCOC(=O)CSC(CNC(=O)Nc1cccc([N+](=O)[O-])c1)C(F)(F)F. The number of esters is 1. The highest BCUT2D eigenvalue weighted by atomic mass is 32.2. The van der Waals surface area contributed by atoms with Crippen molar-refractivity contribution in [2.75, 3.05) is 24.2 Å². The number of thioether (sulfide) groups is 1. The molecule has 0 saturated carbocycles. The molecule has 1 rings (SSSR count). The maximum absolute atomic E-state index is 13.0. The lowest BCUT2D eigenvalue weighted by Crippen LogP contribution is -2.41. The molecule has 0 radical (unpaired) electrons. The summed E-state index contributed by atoms with van der Waals surface area (Å²) < 4.78 is 43.4. The Hall–Kier alpha value is -2.50. The highest BCUT2D eigenvalue weighted by Crippen LogP contribution is 2.30. The predicted octanol–water partition coefficient (Wildman–Crippen LogP) is 2.94. The number of halogens is 3. The number of benzene rings is 1. The van der Waals surface area contributed by atoms with E-state index in [4.69, 9.17) is 0 Å². The third-order valence-corrected chi connectivity index (χ3v) is 4.07. The number of hydrogen-bond acceptors (Lipinski definition) is 6. The fraction of sp³-hybridized carbons (Fsp3) is 0.429. The summed E-state index contributed by atoms with van der Waals surface area (Å²) in [4.78, 5) is 32.9. The molecule has 0 fully saturated rings. The van der Waals surface area contributed by atoms with Gasteiger partial charge in [-0.2, -0.15) is 13.2 Å². The fourth-order valence-electron chi connectivity index (χ4n) is 1.70. The Bertz CT molecular complexity index is 657. The molecule has 0 heterocycles. The third kappa shape index (κ3) is 7.59. The Morgan fingerprint density at radius 2 is 2.08 bits per heavy atom. The van der Waals surface area contributed by atoms with Gasteiger partial charge in [0.25, 0.3) is 5.69 Å². The Morgan fingerprint density at radius 3 is 2.65 bits per heavy atom. The zero-order valence-corrected chi connectivity index (χ0v) is 14.4. The monoisotopic (exact) mass is 395 g/mol. The second-order valence-corrected chi connectivity index (χ2v) is 5.98. The van der Waals surface area contributed by atoms with E-state index in [1.807, 2.05) is 5.32 Å². The van der Waals surface area contributed by atoms with Gasteiger partial charge in [0.2, 0.25) is 0 Å². The first-order valence-electron chi connectivity index (χ1n) is 7.26. The molecular formula is C14H16F3N3O5S. The fourth-order valence-corrected chi connectivity index (χ4v) is 2.51. The number of anilines is 1. The van der Waals surface area contributed by atoms with Crippen LogP contribution in [-0.2, 0) is 9.53 Å². The Balaban J connectivity index is 2.59. The summed E-state index contributed by atoms with van der Waals surface area (Å²) >= 11 is 0.300. The molecule has 0 aliphatic heterocycles. The highest BCUT2D eigenvalue weighted by Gasteiger charge is 2.40. The van der Waals surface area contributed by atoms with E-state index < -0.39 is 40.6 Å². The normalized spacial score (nSPS) is 12.2. The van der Waals surface area contributed by atoms with E-state index in [0.29, 0.717) is 11.8 Å². The highest BCUT2D eigenvalue weighted by molar-refractivity contribution is 8.00. The molecule has 0 bridgehead atoms. The average Bonchev–Trinajstić information content (AvgIpc) is 2.54. The number of urea groups is 1. The molecular weight excluding hydrogens is 379 g/mol. The minimum absolute atomic E-state index is 0.0550. The molecule has 0 saturated heterocycles. The number of rotatable bonds is 8. The number of alkyl halides is 3. The van der Waals surface area contributed by atoms with Gasteiger partial charge in [0.1, 0.15) is 5.25 Å². The molecule has 12 heteroatoms. The molecule has 2 N–H and O–H groups in total.